The zero-order valence-corrected chi connectivity index (χ0v) is 14.8. The van der Waals surface area contributed by atoms with E-state index in [1.165, 1.54) is 0 Å². The Morgan fingerprint density at radius 1 is 1.22 bits per heavy atom. The first-order valence-electron chi connectivity index (χ1n) is 8.53. The number of benzene rings is 1. The molecule has 1 aromatic rings. The van der Waals surface area contributed by atoms with Gasteiger partial charge in [0, 0.05) is 12.6 Å². The Labute approximate surface area is 139 Å². The number of piperidine rings is 1. The molecule has 0 aromatic heterocycles. The number of hydrogen-bond donors (Lipinski definition) is 1. The van der Waals surface area contributed by atoms with Gasteiger partial charge in [-0.25, -0.2) is 8.42 Å². The van der Waals surface area contributed by atoms with Crippen molar-refractivity contribution in [2.75, 3.05) is 13.1 Å². The summed E-state index contributed by atoms with van der Waals surface area (Å²) in [6.45, 7) is 5.58. The van der Waals surface area contributed by atoms with Crippen molar-refractivity contribution in [3.63, 3.8) is 0 Å². The molecule has 128 valence electrons. The van der Waals surface area contributed by atoms with Crippen molar-refractivity contribution in [1.82, 2.24) is 4.90 Å². The van der Waals surface area contributed by atoms with Crippen LogP contribution in [0.5, 0.6) is 0 Å². The van der Waals surface area contributed by atoms with Gasteiger partial charge in [0.25, 0.3) is 0 Å². The number of aliphatic hydroxyl groups excluding tert-OH is 1. The number of hydrogen-bond acceptors (Lipinski definition) is 4. The van der Waals surface area contributed by atoms with Crippen LogP contribution in [0.2, 0.25) is 0 Å². The molecule has 1 aromatic carbocycles. The standard InChI is InChI=1S/C18H27NO3S/c1-18(2,23(21,22)15-7-4-3-5-8-15)9-6-10-19-13-14-11-16(19)17(20)12-14/h3-5,7-8,14,16-17,20H,6,9-13H2,1-2H3/t14-,16+,17+/m0/s1. The third kappa shape index (κ3) is 3.19. The third-order valence-corrected chi connectivity index (χ3v) is 8.11. The summed E-state index contributed by atoms with van der Waals surface area (Å²) in [5.74, 6) is 0.635. The SMILES string of the molecule is CC(C)(CCCN1C[C@@H]2C[C@@H](O)[C@H]1C2)S(=O)(=O)c1ccccc1. The van der Waals surface area contributed by atoms with Crippen LogP contribution in [0.3, 0.4) is 0 Å². The van der Waals surface area contributed by atoms with Gasteiger partial charge in [0.15, 0.2) is 9.84 Å². The molecule has 1 N–H and O–H groups in total. The molecule has 2 aliphatic rings. The molecule has 0 spiro atoms. The molecule has 5 heteroatoms. The Kier molecular flexibility index (Phi) is 4.55. The Balaban J connectivity index is 1.59. The van der Waals surface area contributed by atoms with E-state index >= 15 is 0 Å². The molecule has 1 aliphatic heterocycles. The second kappa shape index (κ2) is 6.19. The lowest BCUT2D eigenvalue weighted by Crippen LogP contribution is -2.42. The van der Waals surface area contributed by atoms with Crippen molar-refractivity contribution in [1.29, 1.82) is 0 Å². The van der Waals surface area contributed by atoms with Crippen LogP contribution in [0.15, 0.2) is 35.2 Å². The van der Waals surface area contributed by atoms with Crippen molar-refractivity contribution in [2.45, 2.75) is 61.3 Å². The predicted molar refractivity (Wildman–Crippen MR) is 91.0 cm³/mol. The summed E-state index contributed by atoms with van der Waals surface area (Å²) >= 11 is 0. The Hall–Kier alpha value is -0.910. The lowest BCUT2D eigenvalue weighted by molar-refractivity contribution is 0.0559. The predicted octanol–water partition coefficient (Wildman–Crippen LogP) is 2.47. The molecule has 1 saturated carbocycles. The minimum absolute atomic E-state index is 0.185. The zero-order valence-electron chi connectivity index (χ0n) is 14.0. The van der Waals surface area contributed by atoms with Crippen molar-refractivity contribution in [2.24, 2.45) is 5.92 Å². The molecule has 1 saturated heterocycles. The topological polar surface area (TPSA) is 57.6 Å². The number of aliphatic hydroxyl groups is 1. The van der Waals surface area contributed by atoms with Crippen LogP contribution in [0, 0.1) is 5.92 Å². The van der Waals surface area contributed by atoms with Gasteiger partial charge in [-0.1, -0.05) is 18.2 Å². The minimum atomic E-state index is -3.32. The van der Waals surface area contributed by atoms with Gasteiger partial charge in [-0.3, -0.25) is 4.90 Å². The quantitative estimate of drug-likeness (QED) is 0.866. The summed E-state index contributed by atoms with van der Waals surface area (Å²) in [5.41, 5.74) is 0. The smallest absolute Gasteiger partial charge is 0.183 e. The van der Waals surface area contributed by atoms with Crippen LogP contribution in [0.25, 0.3) is 0 Å². The highest BCUT2D eigenvalue weighted by molar-refractivity contribution is 7.92. The maximum atomic E-state index is 12.8. The van der Waals surface area contributed by atoms with Crippen LogP contribution in [-0.4, -0.2) is 48.4 Å². The molecule has 4 nitrogen and oxygen atoms in total. The van der Waals surface area contributed by atoms with Gasteiger partial charge >= 0.3 is 0 Å². The van der Waals surface area contributed by atoms with Crippen molar-refractivity contribution < 1.29 is 13.5 Å². The van der Waals surface area contributed by atoms with E-state index in [1.807, 2.05) is 19.9 Å². The van der Waals surface area contributed by atoms with Crippen LogP contribution in [0.1, 0.15) is 39.5 Å². The van der Waals surface area contributed by atoms with E-state index in [0.717, 1.165) is 32.4 Å². The molecule has 2 bridgehead atoms. The third-order valence-electron chi connectivity index (χ3n) is 5.56. The fraction of sp³-hybridized carbons (Fsp3) is 0.667. The molecule has 0 radical (unpaired) electrons. The van der Waals surface area contributed by atoms with E-state index in [2.05, 4.69) is 4.90 Å². The average molecular weight is 337 g/mol. The second-order valence-corrected chi connectivity index (χ2v) is 10.2. The van der Waals surface area contributed by atoms with Crippen LogP contribution in [-0.2, 0) is 9.84 Å². The van der Waals surface area contributed by atoms with Crippen LogP contribution >= 0.6 is 0 Å². The highest BCUT2D eigenvalue weighted by Crippen LogP contribution is 2.38. The molecular weight excluding hydrogens is 310 g/mol. The lowest BCUT2D eigenvalue weighted by Gasteiger charge is -2.32. The molecular formula is C18H27NO3S. The summed E-state index contributed by atoms with van der Waals surface area (Å²) in [7, 11) is -3.32. The maximum Gasteiger partial charge on any atom is 0.183 e. The van der Waals surface area contributed by atoms with Gasteiger partial charge in [0.05, 0.1) is 15.7 Å². The Morgan fingerprint density at radius 3 is 2.52 bits per heavy atom. The Morgan fingerprint density at radius 2 is 1.91 bits per heavy atom. The van der Waals surface area contributed by atoms with E-state index in [4.69, 9.17) is 0 Å². The molecule has 0 amide bonds. The monoisotopic (exact) mass is 337 g/mol. The van der Waals surface area contributed by atoms with E-state index in [0.29, 0.717) is 23.3 Å². The highest BCUT2D eigenvalue weighted by Gasteiger charge is 2.44. The molecule has 2 fully saturated rings. The number of fused-ring (bicyclic) bond motifs is 2. The fourth-order valence-corrected chi connectivity index (χ4v) is 5.69. The molecule has 1 heterocycles. The van der Waals surface area contributed by atoms with Gasteiger partial charge < -0.3 is 5.11 Å². The van der Waals surface area contributed by atoms with E-state index in [1.54, 1.807) is 24.3 Å². The van der Waals surface area contributed by atoms with Crippen molar-refractivity contribution in [3.05, 3.63) is 30.3 Å². The Bertz CT molecular complexity index is 641. The summed E-state index contributed by atoms with van der Waals surface area (Å²) < 4.78 is 24.8. The van der Waals surface area contributed by atoms with Gasteiger partial charge in [0.2, 0.25) is 0 Å². The number of sulfone groups is 1. The van der Waals surface area contributed by atoms with Gasteiger partial charge in [-0.05, 0) is 64.1 Å². The maximum absolute atomic E-state index is 12.8. The van der Waals surface area contributed by atoms with Crippen LogP contribution in [0.4, 0.5) is 0 Å². The summed E-state index contributed by atoms with van der Waals surface area (Å²) in [5, 5.41) is 9.99. The minimum Gasteiger partial charge on any atom is -0.391 e. The largest absolute Gasteiger partial charge is 0.391 e. The molecule has 3 atom stereocenters. The molecule has 0 unspecified atom stereocenters. The summed E-state index contributed by atoms with van der Waals surface area (Å²) in [4.78, 5) is 2.75. The number of nitrogens with zero attached hydrogens (tertiary/aromatic N) is 1. The van der Waals surface area contributed by atoms with Gasteiger partial charge in [-0.2, -0.15) is 0 Å². The molecule has 23 heavy (non-hydrogen) atoms. The van der Waals surface area contributed by atoms with E-state index in [9.17, 15) is 13.5 Å². The van der Waals surface area contributed by atoms with E-state index < -0.39 is 14.6 Å². The van der Waals surface area contributed by atoms with Crippen molar-refractivity contribution >= 4 is 9.84 Å². The first-order chi connectivity index (χ1) is 10.8. The lowest BCUT2D eigenvalue weighted by atomic mass is 10.0. The normalized spacial score (nSPS) is 28.4. The number of likely N-dealkylation sites (tertiary alicyclic amines) is 1. The summed E-state index contributed by atoms with van der Waals surface area (Å²) in [6, 6.07) is 9.02. The number of rotatable bonds is 6. The van der Waals surface area contributed by atoms with Crippen LogP contribution < -0.4 is 0 Å². The van der Waals surface area contributed by atoms with Gasteiger partial charge in [-0.15, -0.1) is 0 Å². The van der Waals surface area contributed by atoms with Gasteiger partial charge in [0.1, 0.15) is 0 Å². The highest BCUT2D eigenvalue weighted by atomic mass is 32.2. The summed E-state index contributed by atoms with van der Waals surface area (Å²) in [6.07, 6.45) is 3.33. The first kappa shape index (κ1) is 16.9. The van der Waals surface area contributed by atoms with Crippen molar-refractivity contribution in [3.8, 4) is 0 Å². The fourth-order valence-electron chi connectivity index (χ4n) is 4.12. The second-order valence-electron chi connectivity index (χ2n) is 7.65. The molecule has 1 aliphatic carbocycles. The molecule has 3 rings (SSSR count). The first-order valence-corrected chi connectivity index (χ1v) is 10.0. The zero-order chi connectivity index (χ0) is 16.7. The average Bonchev–Trinajstić information content (AvgIpc) is 3.06. The van der Waals surface area contributed by atoms with E-state index in [-0.39, 0.29) is 6.10 Å².